The molecule has 0 saturated heterocycles. The van der Waals surface area contributed by atoms with E-state index in [4.69, 9.17) is 19.6 Å². The number of para-hydroxylation sites is 2. The molecule has 0 bridgehead atoms. The average molecular weight is 579 g/mol. The predicted octanol–water partition coefficient (Wildman–Crippen LogP) is 2.52. The van der Waals surface area contributed by atoms with E-state index in [9.17, 15) is 22.8 Å². The number of aromatic nitrogens is 2. The van der Waals surface area contributed by atoms with Gasteiger partial charge in [0.25, 0.3) is 0 Å². The molecular formula is C25H30N4O8S2. The number of aliphatic carboxylic acids is 1. The van der Waals surface area contributed by atoms with Gasteiger partial charge in [0.2, 0.25) is 15.9 Å². The van der Waals surface area contributed by atoms with Crippen LogP contribution in [0.5, 0.6) is 5.75 Å². The van der Waals surface area contributed by atoms with Gasteiger partial charge in [0.05, 0.1) is 36.6 Å². The lowest BCUT2D eigenvalue weighted by Gasteiger charge is -2.21. The van der Waals surface area contributed by atoms with Crippen molar-refractivity contribution in [3.05, 3.63) is 42.5 Å². The number of nitrogens with zero attached hydrogens (tertiary/aromatic N) is 2. The molecule has 1 heterocycles. The number of thioether (sulfide) groups is 1. The van der Waals surface area contributed by atoms with Gasteiger partial charge in [-0.05, 0) is 31.2 Å². The molecule has 12 nitrogen and oxygen atoms in total. The van der Waals surface area contributed by atoms with Gasteiger partial charge in [0.15, 0.2) is 5.16 Å². The van der Waals surface area contributed by atoms with Crippen LogP contribution < -0.4 is 14.8 Å². The Balaban J connectivity index is 1.94. The number of hydrogen-bond acceptors (Lipinski definition) is 9. The molecule has 0 aliphatic rings. The third-order valence-corrected chi connectivity index (χ3v) is 7.79. The van der Waals surface area contributed by atoms with Gasteiger partial charge < -0.3 is 29.3 Å². The number of carboxylic acid groups (broad SMARTS) is 1. The lowest BCUT2D eigenvalue weighted by atomic mass is 10.2. The van der Waals surface area contributed by atoms with Crippen LogP contribution in [0.15, 0.2) is 52.5 Å². The number of carbonyl (C=O) groups excluding carboxylic acids is 2. The number of aldehydes is 1. The molecule has 2 atom stereocenters. The number of carbonyl (C=O) groups is 3. The highest BCUT2D eigenvalue weighted by Crippen LogP contribution is 2.30. The summed E-state index contributed by atoms with van der Waals surface area (Å²) in [5.41, 5.74) is 1.96. The number of amides is 1. The number of imidazole rings is 1. The number of anilines is 1. The smallest absolute Gasteiger partial charge is 0.305 e. The van der Waals surface area contributed by atoms with Crippen molar-refractivity contribution in [2.75, 3.05) is 24.8 Å². The molecule has 1 amide bonds. The lowest BCUT2D eigenvalue weighted by Crippen LogP contribution is -2.37. The molecule has 39 heavy (non-hydrogen) atoms. The molecule has 3 rings (SSSR count). The number of methoxy groups -OCH3 is 1. The Bertz CT molecular complexity index is 1440. The summed E-state index contributed by atoms with van der Waals surface area (Å²) in [6.07, 6.45) is -1.09. The summed E-state index contributed by atoms with van der Waals surface area (Å²) in [6, 6.07) is 10.1. The highest BCUT2D eigenvalue weighted by molar-refractivity contribution is 7.99. The highest BCUT2D eigenvalue weighted by atomic mass is 32.2. The third kappa shape index (κ3) is 8.26. The number of benzene rings is 2. The topological polar surface area (TPSA) is 166 Å². The van der Waals surface area contributed by atoms with Crippen LogP contribution in [0.1, 0.15) is 20.3 Å². The second-order valence-corrected chi connectivity index (χ2v) is 11.3. The summed E-state index contributed by atoms with van der Waals surface area (Å²) in [5, 5.41) is 12.3. The van der Waals surface area contributed by atoms with Gasteiger partial charge in [-0.25, -0.2) is 18.1 Å². The molecule has 0 spiro atoms. The first-order valence-corrected chi connectivity index (χ1v) is 14.4. The first kappa shape index (κ1) is 30.1. The molecule has 1 aromatic heterocycles. The average Bonchev–Trinajstić information content (AvgIpc) is 3.20. The normalized spacial score (nSPS) is 13.1. The number of carboxylic acids is 1. The van der Waals surface area contributed by atoms with Gasteiger partial charge in [0, 0.05) is 31.5 Å². The molecule has 3 aromatic rings. The fourth-order valence-electron chi connectivity index (χ4n) is 3.74. The van der Waals surface area contributed by atoms with Crippen molar-refractivity contribution < 1.29 is 37.4 Å². The van der Waals surface area contributed by atoms with E-state index in [1.54, 1.807) is 14.0 Å². The van der Waals surface area contributed by atoms with E-state index in [1.807, 2.05) is 28.8 Å². The lowest BCUT2D eigenvalue weighted by molar-refractivity contribution is -0.138. The van der Waals surface area contributed by atoms with Gasteiger partial charge in [-0.3, -0.25) is 9.59 Å². The molecule has 0 aliphatic carbocycles. The number of ether oxygens (including phenoxy) is 2. The molecule has 0 aliphatic heterocycles. The van der Waals surface area contributed by atoms with Gasteiger partial charge in [-0.2, -0.15) is 0 Å². The summed E-state index contributed by atoms with van der Waals surface area (Å²) in [7, 11) is -2.76. The summed E-state index contributed by atoms with van der Waals surface area (Å²) in [5.74, 6) is -1.12. The minimum Gasteiger partial charge on any atom is -0.487 e. The second-order valence-electron chi connectivity index (χ2n) is 8.57. The number of nitrogens with one attached hydrogen (secondary N) is 2. The molecule has 0 radical (unpaired) electrons. The van der Waals surface area contributed by atoms with E-state index >= 15 is 0 Å². The third-order valence-electron chi connectivity index (χ3n) is 5.32. The van der Waals surface area contributed by atoms with Crippen LogP contribution in [0, 0.1) is 0 Å². The summed E-state index contributed by atoms with van der Waals surface area (Å²) >= 11 is 1.51. The maximum absolute atomic E-state index is 13.2. The van der Waals surface area contributed by atoms with E-state index in [0.717, 1.165) is 16.2 Å². The number of rotatable bonds is 15. The van der Waals surface area contributed by atoms with E-state index in [2.05, 4.69) is 10.0 Å². The van der Waals surface area contributed by atoms with Crippen LogP contribution in [-0.4, -0.2) is 72.9 Å². The molecule has 1 unspecified atom stereocenters. The van der Waals surface area contributed by atoms with E-state index in [0.29, 0.717) is 24.6 Å². The Kier molecular flexibility index (Phi) is 10.5. The number of fused-ring (bicyclic) bond motifs is 1. The van der Waals surface area contributed by atoms with Crippen LogP contribution >= 0.6 is 11.8 Å². The van der Waals surface area contributed by atoms with E-state index in [1.165, 1.54) is 36.9 Å². The first-order valence-electron chi connectivity index (χ1n) is 11.9. The second kappa shape index (κ2) is 13.6. The predicted molar refractivity (Wildman–Crippen MR) is 146 cm³/mol. The fraction of sp³-hybridized carbons (Fsp3) is 0.360. The summed E-state index contributed by atoms with van der Waals surface area (Å²) in [6.45, 7) is 3.91. The van der Waals surface area contributed by atoms with E-state index < -0.39 is 34.6 Å². The zero-order valence-corrected chi connectivity index (χ0v) is 23.3. The van der Waals surface area contributed by atoms with Crippen LogP contribution in [-0.2, 0) is 35.7 Å². The zero-order valence-electron chi connectivity index (χ0n) is 21.6. The Morgan fingerprint density at radius 3 is 2.64 bits per heavy atom. The van der Waals surface area contributed by atoms with Crippen LogP contribution in [0.2, 0.25) is 0 Å². The Labute approximate surface area is 230 Å². The van der Waals surface area contributed by atoms with Crippen molar-refractivity contribution in [2.24, 2.45) is 0 Å². The van der Waals surface area contributed by atoms with Gasteiger partial charge in [-0.15, -0.1) is 0 Å². The van der Waals surface area contributed by atoms with E-state index in [-0.39, 0.29) is 22.8 Å². The molecule has 14 heteroatoms. The van der Waals surface area contributed by atoms with Crippen molar-refractivity contribution in [2.45, 2.75) is 49.0 Å². The zero-order chi connectivity index (χ0) is 28.6. The number of hydrogen-bond donors (Lipinski definition) is 3. The Hall–Kier alpha value is -3.46. The van der Waals surface area contributed by atoms with Gasteiger partial charge in [0.1, 0.15) is 23.0 Å². The molecular weight excluding hydrogens is 548 g/mol. The maximum atomic E-state index is 13.2. The van der Waals surface area contributed by atoms with Crippen molar-refractivity contribution in [3.63, 3.8) is 0 Å². The maximum Gasteiger partial charge on any atom is 0.305 e. The SMILES string of the molecule is COCCSc1nc2ccccc2n1C[C@@H](C)Oc1cc(NC(C)=O)ccc1S(=O)(=O)NC(C=O)CC(=O)O. The molecule has 0 saturated carbocycles. The van der Waals surface area contributed by atoms with Crippen molar-refractivity contribution in [3.8, 4) is 5.75 Å². The van der Waals surface area contributed by atoms with Gasteiger partial charge in [-0.1, -0.05) is 23.9 Å². The quantitative estimate of drug-likeness (QED) is 0.139. The van der Waals surface area contributed by atoms with Crippen LogP contribution in [0.25, 0.3) is 11.0 Å². The van der Waals surface area contributed by atoms with Gasteiger partial charge >= 0.3 is 5.97 Å². The highest BCUT2D eigenvalue weighted by Gasteiger charge is 2.26. The summed E-state index contributed by atoms with van der Waals surface area (Å²) < 4.78 is 41.6. The van der Waals surface area contributed by atoms with Crippen molar-refractivity contribution in [1.29, 1.82) is 0 Å². The molecule has 0 fully saturated rings. The van der Waals surface area contributed by atoms with Crippen molar-refractivity contribution in [1.82, 2.24) is 14.3 Å². The molecule has 3 N–H and O–H groups in total. The summed E-state index contributed by atoms with van der Waals surface area (Å²) in [4.78, 5) is 38.3. The molecule has 2 aromatic carbocycles. The van der Waals surface area contributed by atoms with Crippen LogP contribution in [0.3, 0.4) is 0 Å². The molecule has 210 valence electrons. The first-order chi connectivity index (χ1) is 18.5. The largest absolute Gasteiger partial charge is 0.487 e. The van der Waals surface area contributed by atoms with Crippen LogP contribution in [0.4, 0.5) is 5.69 Å². The van der Waals surface area contributed by atoms with Crippen molar-refractivity contribution >= 4 is 56.7 Å². The monoisotopic (exact) mass is 578 g/mol. The minimum atomic E-state index is -4.38. The Morgan fingerprint density at radius 1 is 1.23 bits per heavy atom. The standard InChI is InChI=1S/C25H30N4O8S2/c1-16(14-29-21-7-5-4-6-20(21)27-25(29)38-11-10-36-3)37-22-12-18(26-17(2)31)8-9-23(22)39(34,35)28-19(15-30)13-24(32)33/h4-9,12,15-16,19,28H,10-11,13-14H2,1-3H3,(H,26,31)(H,32,33)/t16-,19?/m1/s1. The Morgan fingerprint density at radius 2 is 1.97 bits per heavy atom. The number of sulfonamides is 1. The minimum absolute atomic E-state index is 0.0840. The fourth-order valence-corrected chi connectivity index (χ4v) is 5.95.